The van der Waals surface area contributed by atoms with E-state index in [0.29, 0.717) is 38.4 Å². The average Bonchev–Trinajstić information content (AvgIpc) is 2.82. The number of amides is 2. The van der Waals surface area contributed by atoms with Gasteiger partial charge in [-0.05, 0) is 37.6 Å². The van der Waals surface area contributed by atoms with Gasteiger partial charge in [0.05, 0.1) is 28.0 Å². The molecule has 0 spiro atoms. The number of pyridine rings is 1. The zero-order chi connectivity index (χ0) is 17.0. The molecule has 0 radical (unpaired) electrons. The van der Waals surface area contributed by atoms with Gasteiger partial charge in [-0.15, -0.1) is 0 Å². The van der Waals surface area contributed by atoms with Crippen molar-refractivity contribution in [2.45, 2.75) is 13.8 Å². The molecule has 0 aliphatic carbocycles. The monoisotopic (exact) mass is 336 g/mol. The molecule has 24 heavy (non-hydrogen) atoms. The highest BCUT2D eigenvalue weighted by atomic mass is 35.5. The number of carbonyl (C=O) groups excluding carboxylic acids is 2. The molecule has 4 rings (SSSR count). The Kier molecular flexibility index (Phi) is 3.18. The predicted octanol–water partition coefficient (Wildman–Crippen LogP) is 4.31. The molecule has 118 valence electrons. The molecular formula is C19H13ClN2O2. The molecule has 4 nitrogen and oxygen atoms in total. The van der Waals surface area contributed by atoms with Crippen LogP contribution in [0.25, 0.3) is 10.9 Å². The van der Waals surface area contributed by atoms with Crippen LogP contribution in [0.3, 0.4) is 0 Å². The molecule has 1 aromatic heterocycles. The van der Waals surface area contributed by atoms with E-state index < -0.39 is 0 Å². The lowest BCUT2D eigenvalue weighted by Crippen LogP contribution is -2.30. The summed E-state index contributed by atoms with van der Waals surface area (Å²) in [6, 6.07) is 12.5. The van der Waals surface area contributed by atoms with Gasteiger partial charge in [-0.2, -0.15) is 0 Å². The number of carbonyl (C=O) groups is 2. The Bertz CT molecular complexity index is 1040. The molecule has 0 fully saturated rings. The summed E-state index contributed by atoms with van der Waals surface area (Å²) in [6.07, 6.45) is 0. The van der Waals surface area contributed by atoms with Gasteiger partial charge in [0.2, 0.25) is 0 Å². The summed E-state index contributed by atoms with van der Waals surface area (Å²) in [5.74, 6) is -0.682. The highest BCUT2D eigenvalue weighted by Crippen LogP contribution is 2.36. The summed E-state index contributed by atoms with van der Waals surface area (Å²) in [6.45, 7) is 3.60. The van der Waals surface area contributed by atoms with Gasteiger partial charge in [0.1, 0.15) is 0 Å². The highest BCUT2D eigenvalue weighted by molar-refractivity contribution is 6.38. The predicted molar refractivity (Wildman–Crippen MR) is 93.8 cm³/mol. The number of fused-ring (bicyclic) bond motifs is 3. The van der Waals surface area contributed by atoms with E-state index in [9.17, 15) is 9.59 Å². The van der Waals surface area contributed by atoms with Crippen LogP contribution in [0.2, 0.25) is 5.02 Å². The first kappa shape index (κ1) is 14.8. The third-order valence-electron chi connectivity index (χ3n) is 4.32. The molecule has 1 aliphatic heterocycles. The van der Waals surface area contributed by atoms with Gasteiger partial charge in [-0.3, -0.25) is 14.6 Å². The minimum absolute atomic E-state index is 0.331. The molecule has 0 saturated heterocycles. The van der Waals surface area contributed by atoms with E-state index in [1.165, 1.54) is 4.90 Å². The molecule has 3 aromatic rings. The molecule has 0 N–H and O–H groups in total. The minimum atomic E-state index is -0.351. The van der Waals surface area contributed by atoms with Crippen LogP contribution < -0.4 is 4.90 Å². The van der Waals surface area contributed by atoms with Gasteiger partial charge in [0.25, 0.3) is 11.8 Å². The SMILES string of the molecule is Cc1ccc(Cl)cc1N1C(=O)c2c(C)nc3ccccc3c2C1=O. The van der Waals surface area contributed by atoms with Crippen molar-refractivity contribution in [2.75, 3.05) is 4.90 Å². The van der Waals surface area contributed by atoms with Crippen LogP contribution in [-0.4, -0.2) is 16.8 Å². The Morgan fingerprint density at radius 1 is 0.958 bits per heavy atom. The molecule has 2 amide bonds. The number of imide groups is 1. The maximum absolute atomic E-state index is 13.1. The molecule has 0 atom stereocenters. The molecule has 2 heterocycles. The molecule has 2 aromatic carbocycles. The van der Waals surface area contributed by atoms with E-state index in [0.717, 1.165) is 5.56 Å². The molecule has 0 bridgehead atoms. The van der Waals surface area contributed by atoms with Crippen molar-refractivity contribution in [3.8, 4) is 0 Å². The second-order valence-corrected chi connectivity index (χ2v) is 6.28. The molecular weight excluding hydrogens is 324 g/mol. The third-order valence-corrected chi connectivity index (χ3v) is 4.55. The fraction of sp³-hybridized carbons (Fsp3) is 0.105. The van der Waals surface area contributed by atoms with E-state index >= 15 is 0 Å². The van der Waals surface area contributed by atoms with Crippen molar-refractivity contribution in [2.24, 2.45) is 0 Å². The first-order chi connectivity index (χ1) is 11.5. The lowest BCUT2D eigenvalue weighted by molar-refractivity contribution is 0.0926. The first-order valence-corrected chi connectivity index (χ1v) is 7.91. The van der Waals surface area contributed by atoms with Gasteiger partial charge in [-0.1, -0.05) is 35.9 Å². The van der Waals surface area contributed by atoms with Crippen LogP contribution in [0.5, 0.6) is 0 Å². The summed E-state index contributed by atoms with van der Waals surface area (Å²) >= 11 is 6.07. The van der Waals surface area contributed by atoms with Gasteiger partial charge in [0, 0.05) is 10.4 Å². The molecule has 0 saturated carbocycles. The number of para-hydroxylation sites is 1. The first-order valence-electron chi connectivity index (χ1n) is 7.53. The second-order valence-electron chi connectivity index (χ2n) is 5.84. The summed E-state index contributed by atoms with van der Waals surface area (Å²) in [4.78, 5) is 31.7. The van der Waals surface area contributed by atoms with Crippen LogP contribution in [0.15, 0.2) is 42.5 Å². The van der Waals surface area contributed by atoms with Gasteiger partial charge < -0.3 is 0 Å². The zero-order valence-corrected chi connectivity index (χ0v) is 13.9. The Hall–Kier alpha value is -2.72. The Morgan fingerprint density at radius 2 is 1.67 bits per heavy atom. The van der Waals surface area contributed by atoms with Crippen molar-refractivity contribution in [3.63, 3.8) is 0 Å². The minimum Gasteiger partial charge on any atom is -0.268 e. The maximum Gasteiger partial charge on any atom is 0.268 e. The lowest BCUT2D eigenvalue weighted by Gasteiger charge is -2.16. The maximum atomic E-state index is 13.1. The smallest absolute Gasteiger partial charge is 0.268 e. The number of rotatable bonds is 1. The Labute approximate surface area is 143 Å². The number of anilines is 1. The number of aryl methyl sites for hydroxylation is 2. The quantitative estimate of drug-likeness (QED) is 0.622. The number of aromatic nitrogens is 1. The van der Waals surface area contributed by atoms with E-state index in [1.54, 1.807) is 25.1 Å². The number of hydrogen-bond donors (Lipinski definition) is 0. The zero-order valence-electron chi connectivity index (χ0n) is 13.1. The average molecular weight is 337 g/mol. The Morgan fingerprint density at radius 3 is 2.46 bits per heavy atom. The van der Waals surface area contributed by atoms with Gasteiger partial charge >= 0.3 is 0 Å². The number of halogens is 1. The Balaban J connectivity index is 2.01. The van der Waals surface area contributed by atoms with Crippen molar-refractivity contribution in [3.05, 3.63) is 69.9 Å². The van der Waals surface area contributed by atoms with Crippen molar-refractivity contribution < 1.29 is 9.59 Å². The fourth-order valence-electron chi connectivity index (χ4n) is 3.18. The van der Waals surface area contributed by atoms with Crippen molar-refractivity contribution in [1.82, 2.24) is 4.98 Å². The summed E-state index contributed by atoms with van der Waals surface area (Å²) in [5, 5.41) is 1.17. The van der Waals surface area contributed by atoms with Crippen LogP contribution in [0.4, 0.5) is 5.69 Å². The molecule has 1 aliphatic rings. The van der Waals surface area contributed by atoms with Crippen molar-refractivity contribution >= 4 is 40.0 Å². The topological polar surface area (TPSA) is 50.3 Å². The van der Waals surface area contributed by atoms with Gasteiger partial charge in [0.15, 0.2) is 0 Å². The second kappa shape index (κ2) is 5.14. The van der Waals surface area contributed by atoms with E-state index in [-0.39, 0.29) is 11.8 Å². The van der Waals surface area contributed by atoms with Crippen LogP contribution in [0, 0.1) is 13.8 Å². The highest BCUT2D eigenvalue weighted by Gasteiger charge is 2.40. The van der Waals surface area contributed by atoms with E-state index in [4.69, 9.17) is 11.6 Å². The number of benzene rings is 2. The normalized spacial score (nSPS) is 13.7. The summed E-state index contributed by atoms with van der Waals surface area (Å²) in [5.41, 5.74) is 3.38. The standard InChI is InChI=1S/C19H13ClN2O2/c1-10-7-8-12(20)9-15(10)22-18(23)16-11(2)21-14-6-4-3-5-13(14)17(16)19(22)24/h3-9H,1-2H3. The van der Waals surface area contributed by atoms with Crippen LogP contribution >= 0.6 is 11.6 Å². The van der Waals surface area contributed by atoms with Gasteiger partial charge in [-0.25, -0.2) is 4.90 Å². The number of hydrogen-bond acceptors (Lipinski definition) is 3. The van der Waals surface area contributed by atoms with E-state index in [2.05, 4.69) is 4.98 Å². The summed E-state index contributed by atoms with van der Waals surface area (Å²) in [7, 11) is 0. The number of nitrogens with zero attached hydrogens (tertiary/aromatic N) is 2. The van der Waals surface area contributed by atoms with Crippen LogP contribution in [-0.2, 0) is 0 Å². The molecule has 0 unspecified atom stereocenters. The summed E-state index contributed by atoms with van der Waals surface area (Å²) < 4.78 is 0. The lowest BCUT2D eigenvalue weighted by atomic mass is 10.0. The van der Waals surface area contributed by atoms with Crippen LogP contribution in [0.1, 0.15) is 32.0 Å². The third kappa shape index (κ3) is 1.96. The molecule has 5 heteroatoms. The van der Waals surface area contributed by atoms with Crippen molar-refractivity contribution in [1.29, 1.82) is 0 Å². The van der Waals surface area contributed by atoms with E-state index in [1.807, 2.05) is 31.2 Å². The largest absolute Gasteiger partial charge is 0.268 e. The fourth-order valence-corrected chi connectivity index (χ4v) is 3.34.